The molecule has 0 fully saturated rings. The maximum absolute atomic E-state index is 11.6. The van der Waals surface area contributed by atoms with Crippen LogP contribution in [0.25, 0.3) is 0 Å². The van der Waals surface area contributed by atoms with Gasteiger partial charge in [-0.2, -0.15) is 0 Å². The van der Waals surface area contributed by atoms with Crippen molar-refractivity contribution in [2.45, 2.75) is 13.0 Å². The number of esters is 1. The zero-order valence-electron chi connectivity index (χ0n) is 10.8. The van der Waals surface area contributed by atoms with E-state index in [1.165, 1.54) is 6.07 Å². The highest BCUT2D eigenvalue weighted by Crippen LogP contribution is 2.48. The number of halogens is 1. The third-order valence-corrected chi connectivity index (χ3v) is 3.03. The first-order valence-electron chi connectivity index (χ1n) is 5.91. The number of benzene rings is 1. The second kappa shape index (κ2) is 5.92. The van der Waals surface area contributed by atoms with Crippen molar-refractivity contribution in [1.82, 2.24) is 0 Å². The van der Waals surface area contributed by atoms with Crippen LogP contribution in [0.5, 0.6) is 5.75 Å². The summed E-state index contributed by atoms with van der Waals surface area (Å²) in [5.74, 6) is -0.837. The Kier molecular flexibility index (Phi) is 4.22. The zero-order valence-corrected chi connectivity index (χ0v) is 11.5. The predicted molar refractivity (Wildman–Crippen MR) is 73.1 cm³/mol. The van der Waals surface area contributed by atoms with Crippen molar-refractivity contribution in [3.63, 3.8) is 0 Å². The van der Waals surface area contributed by atoms with Gasteiger partial charge in [-0.25, -0.2) is 4.79 Å². The number of nitroso groups, excluding NO2 is 1. The normalized spacial score (nSPS) is 16.2. The van der Waals surface area contributed by atoms with E-state index < -0.39 is 28.4 Å². The van der Waals surface area contributed by atoms with Crippen LogP contribution in [0, 0.1) is 15.0 Å². The lowest BCUT2D eigenvalue weighted by Crippen LogP contribution is -2.39. The van der Waals surface area contributed by atoms with E-state index in [4.69, 9.17) is 21.1 Å². The lowest BCUT2D eigenvalue weighted by Gasteiger charge is -2.26. The first kappa shape index (κ1) is 15.0. The van der Waals surface area contributed by atoms with Gasteiger partial charge in [0.1, 0.15) is 5.02 Å². The molecule has 1 unspecified atom stereocenters. The van der Waals surface area contributed by atoms with Crippen LogP contribution in [0.3, 0.4) is 0 Å². The van der Waals surface area contributed by atoms with Gasteiger partial charge in [-0.3, -0.25) is 10.1 Å². The Bertz CT molecular complexity index is 620. The Morgan fingerprint density at radius 1 is 1.71 bits per heavy atom. The predicted octanol–water partition coefficient (Wildman–Crippen LogP) is 2.38. The van der Waals surface area contributed by atoms with Crippen LogP contribution < -0.4 is 10.1 Å². The average Bonchev–Trinajstić information content (AvgIpc) is 2.45. The number of nitrogens with zero attached hydrogens (tertiary/aromatic N) is 2. The van der Waals surface area contributed by atoms with Crippen LogP contribution >= 0.6 is 11.6 Å². The number of nitrogens with one attached hydrogen (secondary N) is 1. The Balaban J connectivity index is 2.46. The molecular weight excluding hydrogens is 306 g/mol. The number of hydrogen-bond donors (Lipinski definition) is 1. The molecule has 0 radical (unpaired) electrons. The third-order valence-electron chi connectivity index (χ3n) is 2.74. The average molecular weight is 316 g/mol. The van der Waals surface area contributed by atoms with Gasteiger partial charge < -0.3 is 14.8 Å². The number of nitro groups is 1. The zero-order chi connectivity index (χ0) is 15.6. The number of carbonyl (C=O) groups excluding carboxylic acids is 1. The van der Waals surface area contributed by atoms with Gasteiger partial charge in [-0.1, -0.05) is 11.6 Å². The number of anilines is 1. The molecule has 1 atom stereocenters. The molecule has 1 N–H and O–H groups in total. The fraction of sp³-hybridized carbons (Fsp3) is 0.364. The van der Waals surface area contributed by atoms with E-state index in [2.05, 4.69) is 10.5 Å². The van der Waals surface area contributed by atoms with Crippen LogP contribution in [0.15, 0.2) is 11.2 Å². The monoisotopic (exact) mass is 315 g/mol. The molecule has 1 heterocycles. The van der Waals surface area contributed by atoms with Crippen LogP contribution in [0.2, 0.25) is 5.02 Å². The minimum atomic E-state index is -1.03. The quantitative estimate of drug-likeness (QED) is 0.392. The van der Waals surface area contributed by atoms with E-state index in [-0.39, 0.29) is 29.6 Å². The summed E-state index contributed by atoms with van der Waals surface area (Å²) in [7, 11) is 0. The highest BCUT2D eigenvalue weighted by Gasteiger charge is 2.34. The summed E-state index contributed by atoms with van der Waals surface area (Å²) in [5, 5.41) is 16.1. The fourth-order valence-corrected chi connectivity index (χ4v) is 2.14. The van der Waals surface area contributed by atoms with Crippen molar-refractivity contribution in [3.8, 4) is 5.75 Å². The molecule has 0 bridgehead atoms. The first-order chi connectivity index (χ1) is 9.99. The molecule has 1 aromatic carbocycles. The van der Waals surface area contributed by atoms with Crippen molar-refractivity contribution >= 4 is 34.6 Å². The van der Waals surface area contributed by atoms with Crippen molar-refractivity contribution in [2.75, 3.05) is 18.5 Å². The minimum absolute atomic E-state index is 0.0816. The van der Waals surface area contributed by atoms with E-state index in [0.717, 1.165) is 0 Å². The largest absolute Gasteiger partial charge is 0.472 e. The summed E-state index contributed by atoms with van der Waals surface area (Å²) in [4.78, 5) is 32.7. The smallest absolute Gasteiger partial charge is 0.349 e. The van der Waals surface area contributed by atoms with E-state index in [9.17, 15) is 19.8 Å². The number of fused-ring (bicyclic) bond motifs is 1. The SMILES string of the molecule is CCOC(=O)C1CNc2cc(Cl)c([N+](=O)[O-])c(N=O)c2O1. The van der Waals surface area contributed by atoms with Gasteiger partial charge in [0.2, 0.25) is 11.8 Å². The molecule has 1 aromatic rings. The third kappa shape index (κ3) is 2.72. The molecular formula is C11H10ClN3O6. The Labute approximate surface area is 123 Å². The van der Waals surface area contributed by atoms with Gasteiger partial charge in [-0.05, 0) is 18.2 Å². The molecule has 2 rings (SSSR count). The van der Waals surface area contributed by atoms with E-state index in [0.29, 0.717) is 0 Å². The molecule has 0 spiro atoms. The fourth-order valence-electron chi connectivity index (χ4n) is 1.87. The van der Waals surface area contributed by atoms with Gasteiger partial charge in [0.15, 0.2) is 5.75 Å². The van der Waals surface area contributed by atoms with Crippen molar-refractivity contribution < 1.29 is 19.2 Å². The van der Waals surface area contributed by atoms with Crippen LogP contribution in [-0.2, 0) is 9.53 Å². The Morgan fingerprint density at radius 2 is 2.43 bits per heavy atom. The second-order valence-electron chi connectivity index (χ2n) is 4.02. The Morgan fingerprint density at radius 3 is 3.00 bits per heavy atom. The van der Waals surface area contributed by atoms with Crippen molar-refractivity contribution in [3.05, 3.63) is 26.1 Å². The molecule has 0 saturated carbocycles. The molecule has 21 heavy (non-hydrogen) atoms. The molecule has 0 aromatic heterocycles. The van der Waals surface area contributed by atoms with Crippen LogP contribution in [0.4, 0.5) is 17.1 Å². The minimum Gasteiger partial charge on any atom is -0.472 e. The maximum atomic E-state index is 11.6. The summed E-state index contributed by atoms with van der Waals surface area (Å²) < 4.78 is 10.1. The highest BCUT2D eigenvalue weighted by molar-refractivity contribution is 6.33. The second-order valence-corrected chi connectivity index (χ2v) is 4.43. The summed E-state index contributed by atoms with van der Waals surface area (Å²) in [6, 6.07) is 1.24. The summed E-state index contributed by atoms with van der Waals surface area (Å²) in [6.45, 7) is 1.87. The number of rotatable bonds is 4. The molecule has 112 valence electrons. The van der Waals surface area contributed by atoms with Gasteiger partial charge in [-0.15, -0.1) is 4.91 Å². The molecule has 1 aliphatic heterocycles. The summed E-state index contributed by atoms with van der Waals surface area (Å²) in [6.07, 6.45) is -1.03. The van der Waals surface area contributed by atoms with E-state index >= 15 is 0 Å². The molecule has 0 saturated heterocycles. The van der Waals surface area contributed by atoms with Gasteiger partial charge in [0.05, 0.1) is 23.8 Å². The van der Waals surface area contributed by atoms with Gasteiger partial charge >= 0.3 is 11.7 Å². The number of nitro benzene ring substituents is 1. The van der Waals surface area contributed by atoms with Gasteiger partial charge in [0, 0.05) is 0 Å². The molecule has 0 aliphatic carbocycles. The van der Waals surface area contributed by atoms with E-state index in [1.54, 1.807) is 6.92 Å². The molecule has 10 heteroatoms. The summed E-state index contributed by atoms with van der Waals surface area (Å²) in [5.41, 5.74) is -0.985. The van der Waals surface area contributed by atoms with E-state index in [1.807, 2.05) is 0 Å². The summed E-state index contributed by atoms with van der Waals surface area (Å²) >= 11 is 5.76. The maximum Gasteiger partial charge on any atom is 0.349 e. The topological polar surface area (TPSA) is 120 Å². The lowest BCUT2D eigenvalue weighted by molar-refractivity contribution is -0.384. The molecule has 1 aliphatic rings. The first-order valence-corrected chi connectivity index (χ1v) is 6.28. The van der Waals surface area contributed by atoms with Gasteiger partial charge in [0.25, 0.3) is 0 Å². The number of carbonyl (C=O) groups is 1. The number of ether oxygens (including phenoxy) is 2. The van der Waals surface area contributed by atoms with Crippen LogP contribution in [0.1, 0.15) is 6.92 Å². The lowest BCUT2D eigenvalue weighted by atomic mass is 10.1. The molecule has 9 nitrogen and oxygen atoms in total. The highest BCUT2D eigenvalue weighted by atomic mass is 35.5. The van der Waals surface area contributed by atoms with Crippen LogP contribution in [-0.4, -0.2) is 30.1 Å². The van der Waals surface area contributed by atoms with Crippen molar-refractivity contribution in [2.24, 2.45) is 5.18 Å². The Hall–Kier alpha value is -2.42. The standard InChI is InChI=1S/C11H10ClN3O6/c1-2-20-11(16)7-4-13-6-3-5(12)9(15(18)19)8(14-17)10(6)21-7/h3,7,13H,2,4H2,1H3. The molecule has 0 amide bonds. The number of hydrogen-bond acceptors (Lipinski definition) is 8. The van der Waals surface area contributed by atoms with Crippen molar-refractivity contribution in [1.29, 1.82) is 0 Å².